The number of carbonyl (C=O) groups is 1. The predicted octanol–water partition coefficient (Wildman–Crippen LogP) is 4.06. The van der Waals surface area contributed by atoms with E-state index < -0.39 is 21.2 Å². The first-order valence-corrected chi connectivity index (χ1v) is 16.0. The van der Waals surface area contributed by atoms with Crippen LogP contribution in [0.25, 0.3) is 16.9 Å². The Bertz CT molecular complexity index is 1610. The van der Waals surface area contributed by atoms with Crippen LogP contribution in [0.3, 0.4) is 0 Å². The number of pyridine rings is 1. The molecule has 0 radical (unpaired) electrons. The van der Waals surface area contributed by atoms with Gasteiger partial charge in [0.15, 0.2) is 21.5 Å². The lowest BCUT2D eigenvalue weighted by Gasteiger charge is -2.31. The minimum atomic E-state index is -2.99. The number of rotatable bonds is 6. The SMILES string of the molecule is Cc1c(-c2ccc(N3CCS(=O)(=O)CC3)cc2)c([C@@H]2CCCC[C@H]2C(=O)NC2(C#N)CC2)nn1-c1ncccc1F. The van der Waals surface area contributed by atoms with Crippen molar-refractivity contribution in [2.24, 2.45) is 5.92 Å². The number of anilines is 1. The molecule has 41 heavy (non-hydrogen) atoms. The van der Waals surface area contributed by atoms with Gasteiger partial charge in [-0.2, -0.15) is 10.4 Å². The maximum atomic E-state index is 14.9. The number of nitrogens with zero attached hydrogens (tertiary/aromatic N) is 5. The quantitative estimate of drug-likeness (QED) is 0.470. The van der Waals surface area contributed by atoms with Crippen molar-refractivity contribution in [3.63, 3.8) is 0 Å². The molecule has 3 aromatic rings. The van der Waals surface area contributed by atoms with E-state index >= 15 is 0 Å². The normalized spacial score (nSPS) is 23.0. The predicted molar refractivity (Wildman–Crippen MR) is 153 cm³/mol. The molecule has 1 aromatic carbocycles. The van der Waals surface area contributed by atoms with Gasteiger partial charge in [0.2, 0.25) is 5.91 Å². The molecule has 3 heterocycles. The summed E-state index contributed by atoms with van der Waals surface area (Å²) in [4.78, 5) is 19.8. The molecule has 0 spiro atoms. The molecule has 1 aliphatic heterocycles. The van der Waals surface area contributed by atoms with E-state index in [9.17, 15) is 22.9 Å². The first-order chi connectivity index (χ1) is 19.7. The van der Waals surface area contributed by atoms with Crippen LogP contribution in [-0.4, -0.2) is 59.2 Å². The van der Waals surface area contributed by atoms with Gasteiger partial charge >= 0.3 is 0 Å². The average molecular weight is 577 g/mol. The fourth-order valence-corrected chi connectivity index (χ4v) is 7.38. The summed E-state index contributed by atoms with van der Waals surface area (Å²) in [6.45, 7) is 2.79. The number of hydrogen-bond acceptors (Lipinski definition) is 7. The van der Waals surface area contributed by atoms with Crippen LogP contribution in [0.5, 0.6) is 0 Å². The number of sulfone groups is 1. The summed E-state index contributed by atoms with van der Waals surface area (Å²) in [5.41, 5.74) is 3.36. The number of nitrogens with one attached hydrogen (secondary N) is 1. The smallest absolute Gasteiger partial charge is 0.225 e. The van der Waals surface area contributed by atoms with Gasteiger partial charge in [-0.15, -0.1) is 0 Å². The van der Waals surface area contributed by atoms with Gasteiger partial charge in [-0.05, 0) is 62.4 Å². The van der Waals surface area contributed by atoms with E-state index in [4.69, 9.17) is 5.10 Å². The van der Waals surface area contributed by atoms with Gasteiger partial charge in [0.25, 0.3) is 0 Å². The third kappa shape index (κ3) is 5.33. The Hall–Kier alpha value is -3.78. The lowest BCUT2D eigenvalue weighted by molar-refractivity contribution is -0.127. The van der Waals surface area contributed by atoms with Crippen molar-refractivity contribution in [3.05, 3.63) is 59.8 Å². The van der Waals surface area contributed by atoms with E-state index in [0.717, 1.165) is 47.5 Å². The zero-order valence-corrected chi connectivity index (χ0v) is 23.8. The molecule has 214 valence electrons. The van der Waals surface area contributed by atoms with Gasteiger partial charge in [0.05, 0.1) is 29.0 Å². The maximum Gasteiger partial charge on any atom is 0.225 e. The summed E-state index contributed by atoms with van der Waals surface area (Å²) in [5, 5.41) is 17.5. The van der Waals surface area contributed by atoms with E-state index in [2.05, 4.69) is 21.3 Å². The minimum Gasteiger partial charge on any atom is -0.369 e. The molecule has 2 aliphatic carbocycles. The molecular weight excluding hydrogens is 543 g/mol. The number of benzene rings is 1. The number of carbonyl (C=O) groups excluding carboxylic acids is 1. The standard InChI is InChI=1S/C30H33FN6O3S/c1-20-26(21-8-10-22(11-9-21)36-15-17-41(39,40)18-16-36)27(35-37(20)28-25(31)7-4-14-33-28)23-5-2-3-6-24(23)29(38)34-30(19-32)12-13-30/h4,7-11,14,23-24H,2-3,5-6,12-13,15-18H2,1H3,(H,34,38)/t23-,24-/m1/s1. The van der Waals surface area contributed by atoms with E-state index in [-0.39, 0.29) is 35.1 Å². The van der Waals surface area contributed by atoms with Crippen molar-refractivity contribution in [2.75, 3.05) is 29.5 Å². The first kappa shape index (κ1) is 27.4. The zero-order chi connectivity index (χ0) is 28.8. The molecule has 0 bridgehead atoms. The topological polar surface area (TPSA) is 121 Å². The third-order valence-corrected chi connectivity index (χ3v) is 10.3. The second-order valence-corrected chi connectivity index (χ2v) is 13.7. The van der Waals surface area contributed by atoms with Gasteiger partial charge in [0.1, 0.15) is 5.54 Å². The summed E-state index contributed by atoms with van der Waals surface area (Å²) < 4.78 is 40.2. The van der Waals surface area contributed by atoms with Crippen LogP contribution in [0, 0.1) is 30.0 Å². The fourth-order valence-electron chi connectivity index (χ4n) is 6.18. The Balaban J connectivity index is 1.40. The van der Waals surface area contributed by atoms with Gasteiger partial charge in [-0.25, -0.2) is 22.5 Å². The van der Waals surface area contributed by atoms with Crippen molar-refractivity contribution >= 4 is 21.4 Å². The molecule has 2 aromatic heterocycles. The Morgan fingerprint density at radius 3 is 2.49 bits per heavy atom. The molecule has 9 nitrogen and oxygen atoms in total. The van der Waals surface area contributed by atoms with E-state index in [1.165, 1.54) is 23.0 Å². The van der Waals surface area contributed by atoms with Crippen molar-refractivity contribution in [2.45, 2.75) is 56.9 Å². The number of hydrogen-bond donors (Lipinski definition) is 1. The zero-order valence-electron chi connectivity index (χ0n) is 23.0. The Morgan fingerprint density at radius 1 is 1.12 bits per heavy atom. The lowest BCUT2D eigenvalue weighted by atomic mass is 9.75. The Kier molecular flexibility index (Phi) is 7.06. The number of halogens is 1. The first-order valence-electron chi connectivity index (χ1n) is 14.2. The third-order valence-electron chi connectivity index (χ3n) is 8.73. The molecule has 6 rings (SSSR count). The molecular formula is C30H33FN6O3S. The molecule has 3 fully saturated rings. The van der Waals surface area contributed by atoms with E-state index in [1.54, 1.807) is 0 Å². The van der Waals surface area contributed by atoms with Gasteiger partial charge in [-0.1, -0.05) is 25.0 Å². The molecule has 2 atom stereocenters. The largest absolute Gasteiger partial charge is 0.369 e. The van der Waals surface area contributed by atoms with Crippen LogP contribution in [0.1, 0.15) is 55.8 Å². The van der Waals surface area contributed by atoms with Crippen molar-refractivity contribution in [1.29, 1.82) is 5.26 Å². The maximum absolute atomic E-state index is 14.9. The van der Waals surface area contributed by atoms with E-state index in [1.807, 2.05) is 31.2 Å². The highest BCUT2D eigenvalue weighted by Crippen LogP contribution is 2.44. The molecule has 1 saturated heterocycles. The Morgan fingerprint density at radius 2 is 1.83 bits per heavy atom. The summed E-state index contributed by atoms with van der Waals surface area (Å²) in [5.74, 6) is -0.786. The second kappa shape index (κ2) is 10.6. The van der Waals surface area contributed by atoms with Crippen molar-refractivity contribution in [3.8, 4) is 23.0 Å². The average Bonchev–Trinajstić information content (AvgIpc) is 3.67. The monoisotopic (exact) mass is 576 g/mol. The van der Waals surface area contributed by atoms with Crippen LogP contribution in [0.4, 0.5) is 10.1 Å². The van der Waals surface area contributed by atoms with Gasteiger partial charge in [0, 0.05) is 42.4 Å². The van der Waals surface area contributed by atoms with Crippen LogP contribution in [0.2, 0.25) is 0 Å². The molecule has 1 amide bonds. The minimum absolute atomic E-state index is 0.0990. The van der Waals surface area contributed by atoms with Crippen LogP contribution < -0.4 is 10.2 Å². The number of nitriles is 1. The van der Waals surface area contributed by atoms with Gasteiger partial charge in [-0.3, -0.25) is 4.79 Å². The summed E-state index contributed by atoms with van der Waals surface area (Å²) >= 11 is 0. The number of aromatic nitrogens is 3. The Labute approximate surface area is 239 Å². The molecule has 3 aliphatic rings. The number of amides is 1. The lowest BCUT2D eigenvalue weighted by Crippen LogP contribution is -2.42. The van der Waals surface area contributed by atoms with Crippen molar-refractivity contribution in [1.82, 2.24) is 20.1 Å². The molecule has 11 heteroatoms. The summed E-state index contributed by atoms with van der Waals surface area (Å²) in [6.07, 6.45) is 6.17. The van der Waals surface area contributed by atoms with Crippen LogP contribution in [-0.2, 0) is 14.6 Å². The van der Waals surface area contributed by atoms with Crippen molar-refractivity contribution < 1.29 is 17.6 Å². The summed E-state index contributed by atoms with van der Waals surface area (Å²) in [6, 6.07) is 13.1. The van der Waals surface area contributed by atoms with Crippen LogP contribution >= 0.6 is 0 Å². The summed E-state index contributed by atoms with van der Waals surface area (Å²) in [7, 11) is -2.99. The highest BCUT2D eigenvalue weighted by Gasteiger charge is 2.47. The molecule has 0 unspecified atom stereocenters. The van der Waals surface area contributed by atoms with Gasteiger partial charge < -0.3 is 10.2 Å². The second-order valence-electron chi connectivity index (χ2n) is 11.4. The highest BCUT2D eigenvalue weighted by molar-refractivity contribution is 7.91. The highest BCUT2D eigenvalue weighted by atomic mass is 32.2. The molecule has 1 N–H and O–H groups in total. The van der Waals surface area contributed by atoms with E-state index in [0.29, 0.717) is 32.4 Å². The van der Waals surface area contributed by atoms with Crippen LogP contribution in [0.15, 0.2) is 42.6 Å². The fraction of sp³-hybridized carbons (Fsp3) is 0.467. The molecule has 2 saturated carbocycles.